The van der Waals surface area contributed by atoms with Gasteiger partial charge in [-0.2, -0.15) is 16.4 Å². The summed E-state index contributed by atoms with van der Waals surface area (Å²) in [7, 11) is 0. The number of hydrogen-bond donors (Lipinski definition) is 0. The quantitative estimate of drug-likeness (QED) is 0.547. The van der Waals surface area contributed by atoms with Gasteiger partial charge in [0.1, 0.15) is 0 Å². The number of aromatic nitrogens is 3. The molecule has 0 aliphatic carbocycles. The first-order valence-electron chi connectivity index (χ1n) is 6.77. The highest BCUT2D eigenvalue weighted by molar-refractivity contribution is 7.08. The Morgan fingerprint density at radius 2 is 1.86 bits per heavy atom. The minimum atomic E-state index is 0.884. The number of benzene rings is 1. The lowest BCUT2D eigenvalue weighted by Crippen LogP contribution is -1.98. The number of fused-ring (bicyclic) bond motifs is 1. The minimum Gasteiger partial charge on any atom is -0.228 e. The lowest BCUT2D eigenvalue weighted by Gasteiger charge is -2.07. The predicted octanol–water partition coefficient (Wildman–Crippen LogP) is 4.43. The summed E-state index contributed by atoms with van der Waals surface area (Å²) in [6.07, 6.45) is 0. The van der Waals surface area contributed by atoms with Crippen molar-refractivity contribution in [3.05, 3.63) is 65.0 Å². The van der Waals surface area contributed by atoms with Gasteiger partial charge in [-0.05, 0) is 24.4 Å². The number of hydrogen-bond acceptors (Lipinski definition) is 3. The highest BCUT2D eigenvalue weighted by Crippen LogP contribution is 2.27. The van der Waals surface area contributed by atoms with Gasteiger partial charge in [-0.25, -0.2) is 9.50 Å². The van der Waals surface area contributed by atoms with Gasteiger partial charge in [0.05, 0.1) is 17.1 Å². The second kappa shape index (κ2) is 4.82. The van der Waals surface area contributed by atoms with Crippen LogP contribution in [0.4, 0.5) is 0 Å². The molecule has 0 bridgehead atoms. The maximum absolute atomic E-state index is 4.73. The van der Waals surface area contributed by atoms with Gasteiger partial charge in [0, 0.05) is 22.6 Å². The van der Waals surface area contributed by atoms with Crippen LogP contribution >= 0.6 is 11.3 Å². The minimum absolute atomic E-state index is 0.884. The van der Waals surface area contributed by atoms with E-state index < -0.39 is 0 Å². The zero-order valence-electron chi connectivity index (χ0n) is 11.5. The van der Waals surface area contributed by atoms with Crippen LogP contribution in [-0.2, 0) is 0 Å². The molecular weight excluding hydrogens is 278 g/mol. The molecule has 0 atom stereocenters. The van der Waals surface area contributed by atoms with E-state index in [-0.39, 0.29) is 0 Å². The Bertz CT molecular complexity index is 893. The van der Waals surface area contributed by atoms with Gasteiger partial charge in [-0.15, -0.1) is 0 Å². The van der Waals surface area contributed by atoms with E-state index in [0.717, 1.165) is 33.9 Å². The fraction of sp³-hybridized carbons (Fsp3) is 0.0588. The van der Waals surface area contributed by atoms with Crippen molar-refractivity contribution < 1.29 is 0 Å². The Kier molecular flexibility index (Phi) is 2.82. The Morgan fingerprint density at radius 3 is 2.62 bits per heavy atom. The van der Waals surface area contributed by atoms with Crippen molar-refractivity contribution in [1.29, 1.82) is 0 Å². The van der Waals surface area contributed by atoms with E-state index in [1.165, 1.54) is 0 Å². The normalized spacial score (nSPS) is 11.1. The Morgan fingerprint density at radius 1 is 1.00 bits per heavy atom. The molecule has 4 aromatic rings. The first-order chi connectivity index (χ1) is 10.3. The van der Waals surface area contributed by atoms with Gasteiger partial charge < -0.3 is 0 Å². The van der Waals surface area contributed by atoms with Crippen molar-refractivity contribution >= 4 is 17.0 Å². The molecule has 0 aliphatic heterocycles. The molecule has 0 radical (unpaired) electrons. The first kappa shape index (κ1) is 12.3. The lowest BCUT2D eigenvalue weighted by molar-refractivity contribution is 0.926. The molecule has 3 heterocycles. The zero-order chi connectivity index (χ0) is 14.2. The molecule has 0 N–H and O–H groups in total. The fourth-order valence-corrected chi connectivity index (χ4v) is 3.11. The van der Waals surface area contributed by atoms with Crippen LogP contribution in [0.1, 0.15) is 5.69 Å². The Labute approximate surface area is 126 Å². The third-order valence-corrected chi connectivity index (χ3v) is 4.12. The summed E-state index contributed by atoms with van der Waals surface area (Å²) in [4.78, 5) is 4.73. The molecule has 0 aliphatic rings. The largest absolute Gasteiger partial charge is 0.228 e. The molecule has 4 heteroatoms. The number of nitrogens with zero attached hydrogens (tertiary/aromatic N) is 3. The SMILES string of the molecule is Cc1cc2nc(-c3ccsc3)cc(-c3ccccc3)n2n1. The van der Waals surface area contributed by atoms with Gasteiger partial charge in [-0.1, -0.05) is 30.3 Å². The standard InChI is InChI=1S/C17H13N3S/c1-12-9-17-18-15(14-7-8-21-11-14)10-16(20(17)19-12)13-5-3-2-4-6-13/h2-11H,1H3. The molecule has 4 rings (SSSR count). The summed E-state index contributed by atoms with van der Waals surface area (Å²) in [6.45, 7) is 1.99. The molecule has 0 amide bonds. The number of rotatable bonds is 2. The molecular formula is C17H13N3S. The third kappa shape index (κ3) is 2.14. The van der Waals surface area contributed by atoms with Gasteiger partial charge in [-0.3, -0.25) is 0 Å². The van der Waals surface area contributed by atoms with Gasteiger partial charge in [0.2, 0.25) is 0 Å². The Balaban J connectivity index is 2.03. The molecule has 102 valence electrons. The van der Waals surface area contributed by atoms with Crippen LogP contribution in [0.2, 0.25) is 0 Å². The third-order valence-electron chi connectivity index (χ3n) is 3.44. The van der Waals surface area contributed by atoms with Crippen LogP contribution in [0.25, 0.3) is 28.2 Å². The summed E-state index contributed by atoms with van der Waals surface area (Å²) in [5.74, 6) is 0. The monoisotopic (exact) mass is 291 g/mol. The molecule has 0 unspecified atom stereocenters. The molecule has 0 spiro atoms. The maximum atomic E-state index is 4.73. The summed E-state index contributed by atoms with van der Waals surface area (Å²) in [5.41, 5.74) is 6.21. The molecule has 0 saturated carbocycles. The topological polar surface area (TPSA) is 30.2 Å². The average Bonchev–Trinajstić information content (AvgIpc) is 3.15. The van der Waals surface area contributed by atoms with Crippen molar-refractivity contribution in [2.45, 2.75) is 6.92 Å². The molecule has 1 aromatic carbocycles. The molecule has 0 fully saturated rings. The Hall–Kier alpha value is -2.46. The molecule has 0 saturated heterocycles. The van der Waals surface area contributed by atoms with Crippen molar-refractivity contribution in [1.82, 2.24) is 14.6 Å². The summed E-state index contributed by atoms with van der Waals surface area (Å²) >= 11 is 1.68. The predicted molar refractivity (Wildman–Crippen MR) is 86.5 cm³/mol. The van der Waals surface area contributed by atoms with E-state index in [4.69, 9.17) is 4.98 Å². The number of thiophene rings is 1. The first-order valence-corrected chi connectivity index (χ1v) is 7.71. The van der Waals surface area contributed by atoms with Crippen molar-refractivity contribution in [3.63, 3.8) is 0 Å². The van der Waals surface area contributed by atoms with E-state index in [9.17, 15) is 0 Å². The molecule has 3 aromatic heterocycles. The maximum Gasteiger partial charge on any atom is 0.156 e. The van der Waals surface area contributed by atoms with E-state index in [1.54, 1.807) is 11.3 Å². The van der Waals surface area contributed by atoms with Crippen LogP contribution in [0.3, 0.4) is 0 Å². The number of aryl methyl sites for hydroxylation is 1. The summed E-state index contributed by atoms with van der Waals surface area (Å²) < 4.78 is 1.92. The van der Waals surface area contributed by atoms with Crippen LogP contribution in [-0.4, -0.2) is 14.6 Å². The van der Waals surface area contributed by atoms with Crippen LogP contribution < -0.4 is 0 Å². The highest BCUT2D eigenvalue weighted by atomic mass is 32.1. The van der Waals surface area contributed by atoms with Crippen LogP contribution in [0, 0.1) is 6.92 Å². The highest BCUT2D eigenvalue weighted by Gasteiger charge is 2.11. The fourth-order valence-electron chi connectivity index (χ4n) is 2.46. The van der Waals surface area contributed by atoms with Crippen LogP contribution in [0.5, 0.6) is 0 Å². The summed E-state index contributed by atoms with van der Waals surface area (Å²) in [6, 6.07) is 16.5. The second-order valence-electron chi connectivity index (χ2n) is 4.96. The van der Waals surface area contributed by atoms with E-state index in [1.807, 2.05) is 35.7 Å². The molecule has 3 nitrogen and oxygen atoms in total. The van der Waals surface area contributed by atoms with E-state index in [0.29, 0.717) is 0 Å². The van der Waals surface area contributed by atoms with Gasteiger partial charge in [0.25, 0.3) is 0 Å². The van der Waals surface area contributed by atoms with Crippen LogP contribution in [0.15, 0.2) is 59.3 Å². The van der Waals surface area contributed by atoms with Gasteiger partial charge in [0.15, 0.2) is 5.65 Å². The van der Waals surface area contributed by atoms with E-state index >= 15 is 0 Å². The average molecular weight is 291 g/mol. The second-order valence-corrected chi connectivity index (χ2v) is 5.74. The van der Waals surface area contributed by atoms with Crippen molar-refractivity contribution in [3.8, 4) is 22.5 Å². The van der Waals surface area contributed by atoms with Crippen molar-refractivity contribution in [2.24, 2.45) is 0 Å². The summed E-state index contributed by atoms with van der Waals surface area (Å²) in [5, 5.41) is 8.76. The van der Waals surface area contributed by atoms with Gasteiger partial charge >= 0.3 is 0 Å². The van der Waals surface area contributed by atoms with Crippen molar-refractivity contribution in [2.75, 3.05) is 0 Å². The zero-order valence-corrected chi connectivity index (χ0v) is 12.3. The molecule has 21 heavy (non-hydrogen) atoms. The smallest absolute Gasteiger partial charge is 0.156 e. The lowest BCUT2D eigenvalue weighted by atomic mass is 10.1. The van der Waals surface area contributed by atoms with E-state index in [2.05, 4.69) is 40.1 Å².